The van der Waals surface area contributed by atoms with Gasteiger partial charge in [-0.1, -0.05) is 56.7 Å². The van der Waals surface area contributed by atoms with E-state index in [1.54, 1.807) is 46.2 Å². The first-order chi connectivity index (χ1) is 22.4. The average Bonchev–Trinajstić information content (AvgIpc) is 3.62. The molecule has 2 atom stereocenters. The van der Waals surface area contributed by atoms with Crippen LogP contribution in [-0.2, 0) is 34.3 Å². The molecule has 6 rings (SSSR count). The fourth-order valence-corrected chi connectivity index (χ4v) is 9.85. The smallest absolute Gasteiger partial charge is 0.243 e. The van der Waals surface area contributed by atoms with E-state index in [4.69, 9.17) is 0 Å². The largest absolute Gasteiger partial charge is 0.324 e. The zero-order valence-corrected chi connectivity index (χ0v) is 29.5. The van der Waals surface area contributed by atoms with Crippen LogP contribution in [0.15, 0.2) is 71.9 Å². The number of aryl methyl sites for hydroxylation is 3. The Kier molecular flexibility index (Phi) is 9.08. The first-order valence-corrected chi connectivity index (χ1v) is 18.4. The maximum Gasteiger partial charge on any atom is 0.243 e. The SMILES string of the molecule is CC[C@H]1Cc2ccccc2S(=O)(=O)N(Cc2cc([C@@H](c3ccc4c(nnn4CC)c3C)C(C)(C)C(=O)Nc3cccnc3)sc2C)C1. The van der Waals surface area contributed by atoms with Gasteiger partial charge in [0.05, 0.1) is 27.7 Å². The van der Waals surface area contributed by atoms with Crippen molar-refractivity contribution >= 4 is 44.0 Å². The normalized spacial score (nSPS) is 17.3. The average molecular weight is 671 g/mol. The van der Waals surface area contributed by atoms with Gasteiger partial charge in [0, 0.05) is 41.5 Å². The highest BCUT2D eigenvalue weighted by atomic mass is 32.2. The molecule has 2 aromatic carbocycles. The van der Waals surface area contributed by atoms with E-state index >= 15 is 0 Å². The van der Waals surface area contributed by atoms with Crippen molar-refractivity contribution in [2.45, 2.75) is 78.3 Å². The summed E-state index contributed by atoms with van der Waals surface area (Å²) in [5.41, 5.74) is 5.27. The van der Waals surface area contributed by atoms with Crippen LogP contribution < -0.4 is 5.32 Å². The number of nitrogens with one attached hydrogen (secondary N) is 1. The van der Waals surface area contributed by atoms with E-state index in [2.05, 4.69) is 39.7 Å². The number of rotatable bonds is 9. The number of hydrogen-bond donors (Lipinski definition) is 1. The van der Waals surface area contributed by atoms with Crippen molar-refractivity contribution in [3.05, 3.63) is 99.0 Å². The van der Waals surface area contributed by atoms with Gasteiger partial charge >= 0.3 is 0 Å². The van der Waals surface area contributed by atoms with Crippen LogP contribution >= 0.6 is 11.3 Å². The minimum absolute atomic E-state index is 0.141. The van der Waals surface area contributed by atoms with Crippen LogP contribution in [0.3, 0.4) is 0 Å². The highest BCUT2D eigenvalue weighted by molar-refractivity contribution is 7.89. The van der Waals surface area contributed by atoms with E-state index in [1.807, 2.05) is 63.6 Å². The second kappa shape index (κ2) is 12.9. The molecule has 3 aromatic heterocycles. The zero-order chi connectivity index (χ0) is 33.5. The van der Waals surface area contributed by atoms with Gasteiger partial charge in [0.1, 0.15) is 5.52 Å². The number of anilines is 1. The van der Waals surface area contributed by atoms with Crippen LogP contribution in [0.25, 0.3) is 11.0 Å². The first-order valence-electron chi connectivity index (χ1n) is 16.2. The molecule has 0 spiro atoms. The molecule has 0 saturated carbocycles. The van der Waals surface area contributed by atoms with Crippen LogP contribution in [0.2, 0.25) is 0 Å². The fourth-order valence-electron chi connectivity index (χ4n) is 6.77. The number of carbonyl (C=O) groups excluding carboxylic acids is 1. The lowest BCUT2D eigenvalue weighted by atomic mass is 9.72. The summed E-state index contributed by atoms with van der Waals surface area (Å²) >= 11 is 1.62. The molecule has 0 radical (unpaired) electrons. The van der Waals surface area contributed by atoms with Gasteiger partial charge < -0.3 is 5.32 Å². The highest BCUT2D eigenvalue weighted by Gasteiger charge is 2.42. The Labute approximate surface area is 281 Å². The van der Waals surface area contributed by atoms with E-state index in [0.29, 0.717) is 23.7 Å². The molecular weight excluding hydrogens is 629 g/mol. The summed E-state index contributed by atoms with van der Waals surface area (Å²) < 4.78 is 31.6. The molecule has 246 valence electrons. The van der Waals surface area contributed by atoms with E-state index in [-0.39, 0.29) is 24.3 Å². The predicted molar refractivity (Wildman–Crippen MR) is 187 cm³/mol. The summed E-state index contributed by atoms with van der Waals surface area (Å²) in [6, 6.07) is 17.3. The van der Waals surface area contributed by atoms with Crippen molar-refractivity contribution in [2.24, 2.45) is 11.3 Å². The summed E-state index contributed by atoms with van der Waals surface area (Å²) in [7, 11) is -3.70. The Morgan fingerprint density at radius 3 is 2.62 bits per heavy atom. The number of carbonyl (C=O) groups is 1. The Balaban J connectivity index is 1.43. The van der Waals surface area contributed by atoms with Gasteiger partial charge in [-0.05, 0) is 85.7 Å². The molecule has 0 saturated heterocycles. The lowest BCUT2D eigenvalue weighted by Crippen LogP contribution is -2.37. The van der Waals surface area contributed by atoms with Crippen LogP contribution in [0.5, 0.6) is 0 Å². The minimum Gasteiger partial charge on any atom is -0.324 e. The number of fused-ring (bicyclic) bond motifs is 2. The molecule has 0 unspecified atom stereocenters. The van der Waals surface area contributed by atoms with Crippen molar-refractivity contribution in [2.75, 3.05) is 11.9 Å². The molecule has 0 bridgehead atoms. The second-order valence-electron chi connectivity index (χ2n) is 13.0. The van der Waals surface area contributed by atoms with Gasteiger partial charge in [0.25, 0.3) is 0 Å². The third-order valence-electron chi connectivity index (χ3n) is 9.63. The van der Waals surface area contributed by atoms with Gasteiger partial charge in [-0.3, -0.25) is 9.78 Å². The molecule has 0 aliphatic carbocycles. The number of amides is 1. The second-order valence-corrected chi connectivity index (χ2v) is 16.2. The topological polar surface area (TPSA) is 110 Å². The Morgan fingerprint density at radius 2 is 1.89 bits per heavy atom. The molecular formula is C36H42N6O3S2. The quantitative estimate of drug-likeness (QED) is 0.179. The van der Waals surface area contributed by atoms with Crippen molar-refractivity contribution in [3.8, 4) is 0 Å². The maximum absolute atomic E-state index is 14.1. The molecule has 5 aromatic rings. The molecule has 9 nitrogen and oxygen atoms in total. The number of nitrogens with zero attached hydrogens (tertiary/aromatic N) is 5. The minimum atomic E-state index is -3.70. The number of hydrogen-bond acceptors (Lipinski definition) is 7. The monoisotopic (exact) mass is 670 g/mol. The molecule has 1 amide bonds. The van der Waals surface area contributed by atoms with Gasteiger partial charge in [0.2, 0.25) is 15.9 Å². The van der Waals surface area contributed by atoms with Crippen molar-refractivity contribution in [1.82, 2.24) is 24.3 Å². The third kappa shape index (κ3) is 6.12. The molecule has 47 heavy (non-hydrogen) atoms. The van der Waals surface area contributed by atoms with Crippen LogP contribution in [-0.4, -0.2) is 45.2 Å². The van der Waals surface area contributed by atoms with E-state index < -0.39 is 15.4 Å². The van der Waals surface area contributed by atoms with Crippen LogP contribution in [0.4, 0.5) is 5.69 Å². The number of benzene rings is 2. The molecule has 1 aliphatic heterocycles. The molecule has 4 heterocycles. The van der Waals surface area contributed by atoms with Crippen LogP contribution in [0.1, 0.15) is 72.0 Å². The maximum atomic E-state index is 14.1. The van der Waals surface area contributed by atoms with Gasteiger partial charge in [-0.2, -0.15) is 4.31 Å². The lowest BCUT2D eigenvalue weighted by molar-refractivity contribution is -0.124. The number of sulfonamides is 1. The molecule has 11 heteroatoms. The molecule has 1 aliphatic rings. The standard InChI is InChI=1S/C36H42N6O3S2/c1-7-25-18-26-12-9-10-14-32(26)47(44,45)41(21-25)22-27-19-31(46-24(27)4)33(36(5,6)35(43)38-28-13-11-17-37-20-28)29-15-16-30-34(23(29)3)39-40-42(30)8-2/h9-17,19-20,25,33H,7-8,18,21-22H2,1-6H3,(H,38,43)/t25-,33+/m0/s1. The van der Waals surface area contributed by atoms with Crippen molar-refractivity contribution in [3.63, 3.8) is 0 Å². The first kappa shape index (κ1) is 33.0. The molecule has 1 N–H and O–H groups in total. The lowest BCUT2D eigenvalue weighted by Gasteiger charge is -2.34. The highest BCUT2D eigenvalue weighted by Crippen LogP contribution is 2.47. The molecule has 0 fully saturated rings. The zero-order valence-electron chi connectivity index (χ0n) is 27.8. The van der Waals surface area contributed by atoms with Crippen molar-refractivity contribution < 1.29 is 13.2 Å². The Bertz CT molecular complexity index is 2030. The number of aromatic nitrogens is 4. The number of thiophene rings is 1. The van der Waals surface area contributed by atoms with Gasteiger partial charge in [0.15, 0.2) is 0 Å². The van der Waals surface area contributed by atoms with Crippen LogP contribution in [0, 0.1) is 25.2 Å². The Hall–Kier alpha value is -3.93. The van der Waals surface area contributed by atoms with E-state index in [9.17, 15) is 13.2 Å². The summed E-state index contributed by atoms with van der Waals surface area (Å²) in [6.45, 7) is 13.6. The summed E-state index contributed by atoms with van der Waals surface area (Å²) in [5.74, 6) is -0.268. The number of pyridine rings is 1. The van der Waals surface area contributed by atoms with Gasteiger partial charge in [-0.25, -0.2) is 13.1 Å². The summed E-state index contributed by atoms with van der Waals surface area (Å²) in [5, 5.41) is 11.9. The van der Waals surface area contributed by atoms with Gasteiger partial charge in [-0.15, -0.1) is 16.4 Å². The third-order valence-corrected chi connectivity index (χ3v) is 12.7. The fraction of sp³-hybridized carbons (Fsp3) is 0.389. The van der Waals surface area contributed by atoms with Crippen molar-refractivity contribution in [1.29, 1.82) is 0 Å². The predicted octanol–water partition coefficient (Wildman–Crippen LogP) is 7.09. The summed E-state index contributed by atoms with van der Waals surface area (Å²) in [6.07, 6.45) is 4.94. The van der Waals surface area contributed by atoms with E-state index in [0.717, 1.165) is 55.9 Å². The Morgan fingerprint density at radius 1 is 1.11 bits per heavy atom. The van der Waals surface area contributed by atoms with E-state index in [1.165, 1.54) is 0 Å². The summed E-state index contributed by atoms with van der Waals surface area (Å²) in [4.78, 5) is 20.7.